The fraction of sp³-hybridized carbons (Fsp3) is 0.312. The van der Waals surface area contributed by atoms with Gasteiger partial charge in [-0.2, -0.15) is 0 Å². The van der Waals surface area contributed by atoms with Crippen LogP contribution in [0.15, 0.2) is 42.1 Å². The molecule has 1 aromatic rings. The van der Waals surface area contributed by atoms with Gasteiger partial charge in [-0.05, 0) is 25.5 Å². The summed E-state index contributed by atoms with van der Waals surface area (Å²) >= 11 is 0. The second kappa shape index (κ2) is 6.01. The van der Waals surface area contributed by atoms with E-state index >= 15 is 0 Å². The summed E-state index contributed by atoms with van der Waals surface area (Å²) in [6, 6.07) is 3.44. The average Bonchev–Trinajstić information content (AvgIpc) is 2.48. The van der Waals surface area contributed by atoms with Crippen molar-refractivity contribution in [3.8, 4) is 0 Å². The zero-order valence-electron chi connectivity index (χ0n) is 12.4. The van der Waals surface area contributed by atoms with Crippen LogP contribution in [0.4, 0.5) is 5.82 Å². The topological polar surface area (TPSA) is 99.5 Å². The third-order valence-electron chi connectivity index (χ3n) is 3.81. The molecule has 0 saturated heterocycles. The van der Waals surface area contributed by atoms with Gasteiger partial charge in [-0.1, -0.05) is 24.3 Å². The lowest BCUT2D eigenvalue weighted by atomic mass is 9.67. The van der Waals surface area contributed by atoms with Crippen LogP contribution in [0.2, 0.25) is 0 Å². The normalized spacial score (nSPS) is 23.7. The van der Waals surface area contributed by atoms with Crippen LogP contribution in [-0.2, 0) is 9.59 Å². The summed E-state index contributed by atoms with van der Waals surface area (Å²) < 4.78 is 0. The monoisotopic (exact) mass is 302 g/mol. The molecule has 0 aliphatic heterocycles. The zero-order valence-corrected chi connectivity index (χ0v) is 12.4. The molecule has 0 amide bonds. The number of aliphatic carboxylic acids is 2. The molecule has 1 aliphatic rings. The predicted octanol–water partition coefficient (Wildman–Crippen LogP) is 2.27. The summed E-state index contributed by atoms with van der Waals surface area (Å²) in [6.07, 6.45) is 5.97. The molecule has 0 aromatic carbocycles. The largest absolute Gasteiger partial charge is 0.481 e. The van der Waals surface area contributed by atoms with E-state index in [0.29, 0.717) is 17.9 Å². The predicted molar refractivity (Wildman–Crippen MR) is 81.7 cm³/mol. The van der Waals surface area contributed by atoms with Crippen molar-refractivity contribution in [2.45, 2.75) is 19.8 Å². The van der Waals surface area contributed by atoms with Crippen molar-refractivity contribution in [3.63, 3.8) is 0 Å². The molecule has 116 valence electrons. The number of hydrogen-bond donors (Lipinski definition) is 3. The Hall–Kier alpha value is -2.63. The van der Waals surface area contributed by atoms with E-state index in [1.54, 1.807) is 12.1 Å². The van der Waals surface area contributed by atoms with Gasteiger partial charge in [0.2, 0.25) is 0 Å². The van der Waals surface area contributed by atoms with Gasteiger partial charge in [0, 0.05) is 24.2 Å². The van der Waals surface area contributed by atoms with Crippen LogP contribution in [0.1, 0.15) is 25.3 Å². The lowest BCUT2D eigenvalue weighted by molar-refractivity contribution is -0.146. The fourth-order valence-corrected chi connectivity index (χ4v) is 2.64. The van der Waals surface area contributed by atoms with Crippen molar-refractivity contribution in [2.75, 3.05) is 11.9 Å². The van der Waals surface area contributed by atoms with Crippen molar-refractivity contribution in [2.24, 2.45) is 5.41 Å². The number of carbonyl (C=O) groups is 2. The second-order valence-corrected chi connectivity index (χ2v) is 5.31. The summed E-state index contributed by atoms with van der Waals surface area (Å²) in [5.41, 5.74) is -0.723. The summed E-state index contributed by atoms with van der Waals surface area (Å²) in [5, 5.41) is 22.0. The molecule has 0 saturated carbocycles. The number of rotatable bonds is 5. The number of nitrogens with zero attached hydrogens (tertiary/aromatic N) is 1. The van der Waals surface area contributed by atoms with Crippen molar-refractivity contribution in [1.29, 1.82) is 0 Å². The van der Waals surface area contributed by atoms with E-state index in [1.807, 2.05) is 6.92 Å². The Balaban J connectivity index is 2.50. The maximum atomic E-state index is 11.7. The summed E-state index contributed by atoms with van der Waals surface area (Å²) in [6.45, 7) is 4.17. The summed E-state index contributed by atoms with van der Waals surface area (Å²) in [7, 11) is 0. The van der Waals surface area contributed by atoms with Gasteiger partial charge < -0.3 is 15.5 Å². The number of carboxylic acids is 2. The van der Waals surface area contributed by atoms with Crippen LogP contribution in [0, 0.1) is 5.41 Å². The maximum Gasteiger partial charge on any atom is 0.332 e. The molecule has 6 nitrogen and oxygen atoms in total. The molecule has 2 rings (SSSR count). The van der Waals surface area contributed by atoms with Crippen molar-refractivity contribution in [3.05, 3.63) is 47.7 Å². The summed E-state index contributed by atoms with van der Waals surface area (Å²) in [4.78, 5) is 27.4. The van der Waals surface area contributed by atoms with E-state index in [-0.39, 0.29) is 5.57 Å². The van der Waals surface area contributed by atoms with E-state index < -0.39 is 23.3 Å². The van der Waals surface area contributed by atoms with E-state index in [4.69, 9.17) is 0 Å². The molecule has 0 bridgehead atoms. The van der Waals surface area contributed by atoms with Gasteiger partial charge in [0.05, 0.1) is 5.41 Å². The average molecular weight is 302 g/mol. The van der Waals surface area contributed by atoms with Crippen LogP contribution in [0.3, 0.4) is 0 Å². The number of anilines is 1. The van der Waals surface area contributed by atoms with Crippen LogP contribution in [-0.4, -0.2) is 33.7 Å². The van der Waals surface area contributed by atoms with Gasteiger partial charge in [0.25, 0.3) is 0 Å². The van der Waals surface area contributed by atoms with Gasteiger partial charge in [-0.15, -0.1) is 0 Å². The third-order valence-corrected chi connectivity index (χ3v) is 3.81. The molecule has 0 spiro atoms. The molecule has 1 aliphatic carbocycles. The molecule has 0 radical (unpaired) electrons. The Morgan fingerprint density at radius 2 is 2.09 bits per heavy atom. The zero-order chi connectivity index (χ0) is 16.3. The van der Waals surface area contributed by atoms with Gasteiger partial charge in [0.15, 0.2) is 0 Å². The highest BCUT2D eigenvalue weighted by molar-refractivity contribution is 5.93. The Labute approximate surface area is 128 Å². The van der Waals surface area contributed by atoms with E-state index in [1.165, 1.54) is 31.3 Å². The first-order valence-corrected chi connectivity index (χ1v) is 6.96. The van der Waals surface area contributed by atoms with Gasteiger partial charge >= 0.3 is 11.9 Å². The number of carboxylic acid groups (broad SMARTS) is 2. The molecule has 22 heavy (non-hydrogen) atoms. The standard InChI is InChI=1S/C16H18N2O4/c1-3-17-12-7-6-10(9-18-12)13-11(14(19)20)5-4-8-16(13,2)15(21)22/h4-9,13H,3H2,1-2H3,(H,17,18)(H,19,20)(H,21,22). The first-order chi connectivity index (χ1) is 10.4. The lowest BCUT2D eigenvalue weighted by Gasteiger charge is -2.34. The van der Waals surface area contributed by atoms with Crippen LogP contribution >= 0.6 is 0 Å². The minimum atomic E-state index is -1.33. The minimum Gasteiger partial charge on any atom is -0.481 e. The first-order valence-electron chi connectivity index (χ1n) is 6.96. The van der Waals surface area contributed by atoms with E-state index in [9.17, 15) is 19.8 Å². The SMILES string of the molecule is CCNc1ccc(C2C(C(=O)O)=CC=CC2(C)C(=O)O)cn1. The van der Waals surface area contributed by atoms with Gasteiger partial charge in [-0.25, -0.2) is 9.78 Å². The van der Waals surface area contributed by atoms with Gasteiger partial charge in [0.1, 0.15) is 5.82 Å². The minimum absolute atomic E-state index is 0.0467. The van der Waals surface area contributed by atoms with Crippen LogP contribution < -0.4 is 5.32 Å². The molecule has 2 atom stereocenters. The molecule has 2 unspecified atom stereocenters. The number of pyridine rings is 1. The van der Waals surface area contributed by atoms with E-state index in [2.05, 4.69) is 10.3 Å². The Bertz CT molecular complexity index is 649. The maximum absolute atomic E-state index is 11.7. The highest BCUT2D eigenvalue weighted by atomic mass is 16.4. The highest BCUT2D eigenvalue weighted by Gasteiger charge is 2.45. The Morgan fingerprint density at radius 3 is 2.59 bits per heavy atom. The van der Waals surface area contributed by atoms with Crippen molar-refractivity contribution in [1.82, 2.24) is 4.98 Å². The Morgan fingerprint density at radius 1 is 1.36 bits per heavy atom. The molecular weight excluding hydrogens is 284 g/mol. The number of aromatic nitrogens is 1. The quantitative estimate of drug-likeness (QED) is 0.771. The van der Waals surface area contributed by atoms with Gasteiger partial charge in [-0.3, -0.25) is 4.79 Å². The second-order valence-electron chi connectivity index (χ2n) is 5.31. The number of allylic oxidation sites excluding steroid dienone is 2. The molecule has 1 heterocycles. The smallest absolute Gasteiger partial charge is 0.332 e. The van der Waals surface area contributed by atoms with E-state index in [0.717, 1.165) is 0 Å². The Kier molecular flexibility index (Phi) is 4.30. The van der Waals surface area contributed by atoms with Crippen molar-refractivity contribution >= 4 is 17.8 Å². The van der Waals surface area contributed by atoms with Crippen LogP contribution in [0.25, 0.3) is 0 Å². The molecule has 0 fully saturated rings. The molecule has 1 aromatic heterocycles. The lowest BCUT2D eigenvalue weighted by Crippen LogP contribution is -2.36. The highest BCUT2D eigenvalue weighted by Crippen LogP contribution is 2.45. The molecule has 6 heteroatoms. The summed E-state index contributed by atoms with van der Waals surface area (Å²) in [5.74, 6) is -2.33. The number of hydrogen-bond acceptors (Lipinski definition) is 4. The molecule has 3 N–H and O–H groups in total. The first kappa shape index (κ1) is 15.8. The third kappa shape index (κ3) is 2.72. The number of nitrogens with one attached hydrogen (secondary N) is 1. The fourth-order valence-electron chi connectivity index (χ4n) is 2.64. The molecular formula is C16H18N2O4. The van der Waals surface area contributed by atoms with Crippen LogP contribution in [0.5, 0.6) is 0 Å². The van der Waals surface area contributed by atoms with Crippen molar-refractivity contribution < 1.29 is 19.8 Å².